The molecule has 0 radical (unpaired) electrons. The summed E-state index contributed by atoms with van der Waals surface area (Å²) in [7, 11) is 0. The maximum atomic E-state index is 12.2. The molecule has 2 rings (SSSR count). The molecule has 24 heavy (non-hydrogen) atoms. The van der Waals surface area contributed by atoms with Crippen molar-refractivity contribution in [2.45, 2.75) is 26.8 Å². The highest BCUT2D eigenvalue weighted by molar-refractivity contribution is 6.35. The van der Waals surface area contributed by atoms with Crippen molar-refractivity contribution in [2.24, 2.45) is 0 Å². The molecule has 0 saturated carbocycles. The third-order valence-electron chi connectivity index (χ3n) is 3.69. The molecule has 128 valence electrons. The van der Waals surface area contributed by atoms with E-state index in [-0.39, 0.29) is 18.5 Å². The summed E-state index contributed by atoms with van der Waals surface area (Å²) in [5.74, 6) is -0.166. The molecular formula is C18H19Cl3N2O. The number of carbonyl (C=O) groups excluding carboxylic acids is 1. The number of benzene rings is 2. The number of carbonyl (C=O) groups is 1. The molecule has 1 atom stereocenters. The van der Waals surface area contributed by atoms with E-state index in [1.165, 1.54) is 0 Å². The minimum Gasteiger partial charge on any atom is -0.323 e. The van der Waals surface area contributed by atoms with E-state index in [2.05, 4.69) is 10.6 Å². The van der Waals surface area contributed by atoms with Crippen molar-refractivity contribution < 1.29 is 4.79 Å². The average molecular weight is 386 g/mol. The molecule has 0 unspecified atom stereocenters. The number of amides is 1. The van der Waals surface area contributed by atoms with Crippen molar-refractivity contribution in [3.05, 3.63) is 62.1 Å². The Labute approximate surface area is 157 Å². The maximum absolute atomic E-state index is 12.2. The van der Waals surface area contributed by atoms with Crippen molar-refractivity contribution >= 4 is 46.4 Å². The van der Waals surface area contributed by atoms with Gasteiger partial charge in [-0.2, -0.15) is 0 Å². The molecule has 2 N–H and O–H groups in total. The van der Waals surface area contributed by atoms with Gasteiger partial charge in [-0.3, -0.25) is 4.79 Å². The lowest BCUT2D eigenvalue weighted by Gasteiger charge is -2.17. The molecular weight excluding hydrogens is 367 g/mol. The van der Waals surface area contributed by atoms with Gasteiger partial charge < -0.3 is 10.6 Å². The van der Waals surface area contributed by atoms with Gasteiger partial charge in [-0.25, -0.2) is 0 Å². The number of nitrogens with one attached hydrogen (secondary N) is 2. The van der Waals surface area contributed by atoms with Crippen LogP contribution in [0.25, 0.3) is 0 Å². The lowest BCUT2D eigenvalue weighted by molar-refractivity contribution is -0.115. The fraction of sp³-hybridized carbons (Fsp3) is 0.278. The fourth-order valence-corrected chi connectivity index (χ4v) is 3.41. The maximum Gasteiger partial charge on any atom is 0.238 e. The highest BCUT2D eigenvalue weighted by atomic mass is 35.5. The first kappa shape index (κ1) is 19.1. The predicted molar refractivity (Wildman–Crippen MR) is 102 cm³/mol. The minimum absolute atomic E-state index is 0.0879. The third-order valence-corrected chi connectivity index (χ3v) is 4.55. The van der Waals surface area contributed by atoms with Gasteiger partial charge >= 0.3 is 0 Å². The van der Waals surface area contributed by atoms with Crippen LogP contribution in [0.15, 0.2) is 30.3 Å². The van der Waals surface area contributed by atoms with E-state index in [4.69, 9.17) is 34.8 Å². The Morgan fingerprint density at radius 3 is 2.42 bits per heavy atom. The summed E-state index contributed by atoms with van der Waals surface area (Å²) in [5, 5.41) is 7.68. The Balaban J connectivity index is 1.98. The normalized spacial score (nSPS) is 12.1. The zero-order valence-electron chi connectivity index (χ0n) is 13.7. The Bertz CT molecular complexity index is 739. The first-order valence-electron chi connectivity index (χ1n) is 7.53. The van der Waals surface area contributed by atoms with Crippen LogP contribution in [0.2, 0.25) is 15.1 Å². The summed E-state index contributed by atoms with van der Waals surface area (Å²) >= 11 is 18.3. The Morgan fingerprint density at radius 1 is 1.08 bits per heavy atom. The number of halogens is 3. The monoisotopic (exact) mass is 384 g/mol. The number of rotatable bonds is 5. The molecule has 2 aromatic rings. The highest BCUT2D eigenvalue weighted by Crippen LogP contribution is 2.28. The quantitative estimate of drug-likeness (QED) is 0.708. The van der Waals surface area contributed by atoms with E-state index in [0.717, 1.165) is 16.7 Å². The van der Waals surface area contributed by atoms with Gasteiger partial charge in [0.25, 0.3) is 0 Å². The lowest BCUT2D eigenvalue weighted by atomic mass is 10.1. The van der Waals surface area contributed by atoms with Crippen LogP contribution in [0, 0.1) is 13.8 Å². The third kappa shape index (κ3) is 4.87. The highest BCUT2D eigenvalue weighted by Gasteiger charge is 2.13. The van der Waals surface area contributed by atoms with Crippen molar-refractivity contribution in [3.63, 3.8) is 0 Å². The summed E-state index contributed by atoms with van der Waals surface area (Å²) in [4.78, 5) is 12.2. The Morgan fingerprint density at radius 2 is 1.79 bits per heavy atom. The van der Waals surface area contributed by atoms with Crippen LogP contribution in [-0.4, -0.2) is 12.5 Å². The van der Waals surface area contributed by atoms with E-state index in [1.54, 1.807) is 12.1 Å². The molecule has 3 nitrogen and oxygen atoms in total. The zero-order valence-corrected chi connectivity index (χ0v) is 16.0. The van der Waals surface area contributed by atoms with Gasteiger partial charge in [-0.15, -0.1) is 0 Å². The topological polar surface area (TPSA) is 41.1 Å². The molecule has 0 fully saturated rings. The zero-order chi connectivity index (χ0) is 17.9. The number of hydrogen-bond acceptors (Lipinski definition) is 2. The van der Waals surface area contributed by atoms with E-state index in [0.29, 0.717) is 20.8 Å². The molecule has 0 heterocycles. The molecule has 0 aliphatic carbocycles. The summed E-state index contributed by atoms with van der Waals surface area (Å²) in [6.45, 7) is 5.96. The van der Waals surface area contributed by atoms with Gasteiger partial charge in [0.1, 0.15) is 0 Å². The predicted octanol–water partition coefficient (Wildman–Crippen LogP) is 5.55. The second-order valence-corrected chi connectivity index (χ2v) is 7.01. The SMILES string of the molecule is Cc1cc(C)c(NC(=O)CN[C@@H](C)c2ccc(Cl)cc2Cl)c(Cl)c1. The Kier molecular flexibility index (Phi) is 6.53. The van der Waals surface area contributed by atoms with Gasteiger partial charge in [0, 0.05) is 16.1 Å². The summed E-state index contributed by atoms with van der Waals surface area (Å²) < 4.78 is 0. The van der Waals surface area contributed by atoms with Gasteiger partial charge in [0.2, 0.25) is 5.91 Å². The minimum atomic E-state index is -0.166. The standard InChI is InChI=1S/C18H19Cl3N2O/c1-10-6-11(2)18(16(21)7-10)23-17(24)9-22-12(3)14-5-4-13(19)8-15(14)20/h4-8,12,22H,9H2,1-3H3,(H,23,24)/t12-/m0/s1. The van der Waals surface area contributed by atoms with Gasteiger partial charge in [-0.1, -0.05) is 46.9 Å². The van der Waals surface area contributed by atoms with Crippen LogP contribution in [0.3, 0.4) is 0 Å². The van der Waals surface area contributed by atoms with E-state index in [1.807, 2.05) is 39.0 Å². The van der Waals surface area contributed by atoms with Gasteiger partial charge in [0.15, 0.2) is 0 Å². The van der Waals surface area contributed by atoms with Crippen LogP contribution in [0.4, 0.5) is 5.69 Å². The average Bonchev–Trinajstić information content (AvgIpc) is 2.48. The summed E-state index contributed by atoms with van der Waals surface area (Å²) in [6.07, 6.45) is 0. The van der Waals surface area contributed by atoms with Gasteiger partial charge in [0.05, 0.1) is 17.3 Å². The lowest BCUT2D eigenvalue weighted by Crippen LogP contribution is -2.30. The first-order chi connectivity index (χ1) is 11.3. The van der Waals surface area contributed by atoms with E-state index < -0.39 is 0 Å². The molecule has 0 aliphatic rings. The van der Waals surface area contributed by atoms with Crippen molar-refractivity contribution in [3.8, 4) is 0 Å². The molecule has 0 bridgehead atoms. The van der Waals surface area contributed by atoms with Gasteiger partial charge in [-0.05, 0) is 55.7 Å². The van der Waals surface area contributed by atoms with Crippen LogP contribution >= 0.6 is 34.8 Å². The van der Waals surface area contributed by atoms with Crippen LogP contribution in [-0.2, 0) is 4.79 Å². The molecule has 0 spiro atoms. The molecule has 0 saturated heterocycles. The van der Waals surface area contributed by atoms with Crippen molar-refractivity contribution in [1.29, 1.82) is 0 Å². The second-order valence-electron chi connectivity index (χ2n) is 5.76. The van der Waals surface area contributed by atoms with Crippen molar-refractivity contribution in [1.82, 2.24) is 5.32 Å². The molecule has 1 amide bonds. The van der Waals surface area contributed by atoms with Crippen LogP contribution in [0.5, 0.6) is 0 Å². The second kappa shape index (κ2) is 8.21. The molecule has 0 aromatic heterocycles. The van der Waals surface area contributed by atoms with Crippen LogP contribution < -0.4 is 10.6 Å². The summed E-state index contributed by atoms with van der Waals surface area (Å²) in [6, 6.07) is 9.03. The summed E-state index contributed by atoms with van der Waals surface area (Å²) in [5.41, 5.74) is 3.52. The van der Waals surface area contributed by atoms with Crippen molar-refractivity contribution in [2.75, 3.05) is 11.9 Å². The number of anilines is 1. The molecule has 2 aromatic carbocycles. The van der Waals surface area contributed by atoms with Crippen LogP contribution in [0.1, 0.15) is 29.7 Å². The molecule has 6 heteroatoms. The Hall–Kier alpha value is -1.26. The fourth-order valence-electron chi connectivity index (χ4n) is 2.47. The first-order valence-corrected chi connectivity index (χ1v) is 8.66. The largest absolute Gasteiger partial charge is 0.323 e. The van der Waals surface area contributed by atoms with E-state index >= 15 is 0 Å². The molecule has 0 aliphatic heterocycles. The van der Waals surface area contributed by atoms with E-state index in [9.17, 15) is 4.79 Å². The smallest absolute Gasteiger partial charge is 0.238 e. The number of hydrogen-bond donors (Lipinski definition) is 2. The number of aryl methyl sites for hydroxylation is 2.